The fourth-order valence-corrected chi connectivity index (χ4v) is 2.47. The second-order valence-electron chi connectivity index (χ2n) is 6.37. The Kier molecular flexibility index (Phi) is 6.47. The molecule has 8 nitrogen and oxygen atoms in total. The van der Waals surface area contributed by atoms with E-state index in [1.54, 1.807) is 36.5 Å². The lowest BCUT2D eigenvalue weighted by atomic mass is 10.2. The third kappa shape index (κ3) is 5.83. The van der Waals surface area contributed by atoms with Gasteiger partial charge in [-0.3, -0.25) is 20.4 Å². The first-order chi connectivity index (χ1) is 14.0. The van der Waals surface area contributed by atoms with Crippen molar-refractivity contribution in [2.75, 3.05) is 6.61 Å². The van der Waals surface area contributed by atoms with Crippen LogP contribution in [0, 0.1) is 6.92 Å². The summed E-state index contributed by atoms with van der Waals surface area (Å²) in [4.78, 5) is 28.2. The van der Waals surface area contributed by atoms with E-state index in [1.807, 2.05) is 42.9 Å². The molecule has 0 aliphatic heterocycles. The van der Waals surface area contributed by atoms with Crippen molar-refractivity contribution in [3.63, 3.8) is 0 Å². The lowest BCUT2D eigenvalue weighted by molar-refractivity contribution is -0.123. The van der Waals surface area contributed by atoms with Gasteiger partial charge in [-0.25, -0.2) is 4.98 Å². The van der Waals surface area contributed by atoms with Gasteiger partial charge in [0.2, 0.25) is 0 Å². The Hall–Kier alpha value is -3.81. The van der Waals surface area contributed by atoms with Crippen LogP contribution in [0.2, 0.25) is 0 Å². The number of rotatable bonds is 7. The Morgan fingerprint density at radius 2 is 1.83 bits per heavy atom. The van der Waals surface area contributed by atoms with E-state index in [0.29, 0.717) is 23.7 Å². The van der Waals surface area contributed by atoms with Crippen LogP contribution in [0.3, 0.4) is 0 Å². The first-order valence-electron chi connectivity index (χ1n) is 8.99. The number of hydrazine groups is 1. The van der Waals surface area contributed by atoms with Crippen LogP contribution in [0.15, 0.2) is 60.9 Å². The summed E-state index contributed by atoms with van der Waals surface area (Å²) in [6, 6.07) is 13.9. The number of nitrogens with zero attached hydrogens (tertiary/aromatic N) is 2. The molecule has 0 spiro atoms. The molecule has 0 aliphatic rings. The summed E-state index contributed by atoms with van der Waals surface area (Å²) in [5.74, 6) is 1.09. The van der Waals surface area contributed by atoms with E-state index in [1.165, 1.54) is 0 Å². The topological polar surface area (TPSA) is 94.5 Å². The second-order valence-corrected chi connectivity index (χ2v) is 6.37. The van der Waals surface area contributed by atoms with Crippen molar-refractivity contribution in [1.82, 2.24) is 20.4 Å². The highest BCUT2D eigenvalue weighted by Gasteiger charge is 2.09. The maximum atomic E-state index is 12.1. The SMILES string of the molecule is Cc1cccc(OCC(=O)NNC(=O)c2ccc(OCc3nccn3C)cc2)c1. The molecule has 0 bridgehead atoms. The Balaban J connectivity index is 1.43. The Morgan fingerprint density at radius 1 is 1.03 bits per heavy atom. The minimum Gasteiger partial charge on any atom is -0.486 e. The first kappa shape index (κ1) is 19.9. The van der Waals surface area contributed by atoms with E-state index in [2.05, 4.69) is 15.8 Å². The Morgan fingerprint density at radius 3 is 2.52 bits per heavy atom. The molecule has 0 saturated carbocycles. The highest BCUT2D eigenvalue weighted by molar-refractivity contribution is 5.95. The smallest absolute Gasteiger partial charge is 0.276 e. The number of amides is 2. The van der Waals surface area contributed by atoms with Gasteiger partial charge in [-0.2, -0.15) is 0 Å². The summed E-state index contributed by atoms with van der Waals surface area (Å²) in [6.07, 6.45) is 3.54. The van der Waals surface area contributed by atoms with Crippen LogP contribution in [0.25, 0.3) is 0 Å². The molecule has 0 aliphatic carbocycles. The van der Waals surface area contributed by atoms with Gasteiger partial charge >= 0.3 is 0 Å². The third-order valence-electron chi connectivity index (χ3n) is 4.08. The molecule has 3 aromatic rings. The number of carbonyl (C=O) groups is 2. The van der Waals surface area contributed by atoms with Crippen LogP contribution in [-0.4, -0.2) is 28.0 Å². The van der Waals surface area contributed by atoms with Gasteiger partial charge in [-0.05, 0) is 48.9 Å². The molecular formula is C21H22N4O4. The summed E-state index contributed by atoms with van der Waals surface area (Å²) < 4.78 is 12.9. The second kappa shape index (κ2) is 9.41. The molecule has 2 N–H and O–H groups in total. The van der Waals surface area contributed by atoms with Crippen molar-refractivity contribution in [2.45, 2.75) is 13.5 Å². The summed E-state index contributed by atoms with van der Waals surface area (Å²) in [5.41, 5.74) is 6.09. The number of aromatic nitrogens is 2. The molecule has 1 heterocycles. The molecule has 1 aromatic heterocycles. The maximum absolute atomic E-state index is 12.1. The zero-order chi connectivity index (χ0) is 20.6. The highest BCUT2D eigenvalue weighted by atomic mass is 16.5. The molecule has 0 unspecified atom stereocenters. The van der Waals surface area contributed by atoms with Gasteiger partial charge in [0.25, 0.3) is 11.8 Å². The average molecular weight is 394 g/mol. The minimum atomic E-state index is -0.463. The van der Waals surface area contributed by atoms with Gasteiger partial charge in [0, 0.05) is 25.0 Å². The number of carbonyl (C=O) groups excluding carboxylic acids is 2. The van der Waals surface area contributed by atoms with Crippen molar-refractivity contribution in [1.29, 1.82) is 0 Å². The normalized spacial score (nSPS) is 10.3. The van der Waals surface area contributed by atoms with Crippen LogP contribution in [0.4, 0.5) is 0 Å². The molecule has 2 aromatic carbocycles. The number of hydrogen-bond acceptors (Lipinski definition) is 5. The molecule has 0 atom stereocenters. The average Bonchev–Trinajstić information content (AvgIpc) is 3.14. The van der Waals surface area contributed by atoms with Crippen molar-refractivity contribution in [3.8, 4) is 11.5 Å². The number of benzene rings is 2. The monoisotopic (exact) mass is 394 g/mol. The highest BCUT2D eigenvalue weighted by Crippen LogP contribution is 2.14. The summed E-state index contributed by atoms with van der Waals surface area (Å²) >= 11 is 0. The fraction of sp³-hybridized carbons (Fsp3) is 0.190. The van der Waals surface area contributed by atoms with Gasteiger partial charge < -0.3 is 14.0 Å². The van der Waals surface area contributed by atoms with E-state index < -0.39 is 11.8 Å². The van der Waals surface area contributed by atoms with Gasteiger partial charge in [0.05, 0.1) is 0 Å². The van der Waals surface area contributed by atoms with Gasteiger partial charge in [0.1, 0.15) is 23.9 Å². The van der Waals surface area contributed by atoms with Crippen molar-refractivity contribution in [3.05, 3.63) is 77.9 Å². The lowest BCUT2D eigenvalue weighted by Crippen LogP contribution is -2.43. The number of imidazole rings is 1. The van der Waals surface area contributed by atoms with E-state index in [4.69, 9.17) is 9.47 Å². The van der Waals surface area contributed by atoms with Crippen LogP contribution in [0.1, 0.15) is 21.7 Å². The van der Waals surface area contributed by atoms with Crippen molar-refractivity contribution in [2.24, 2.45) is 7.05 Å². The molecule has 0 fully saturated rings. The predicted molar refractivity (Wildman–Crippen MR) is 106 cm³/mol. The van der Waals surface area contributed by atoms with Gasteiger partial charge in [-0.1, -0.05) is 12.1 Å². The van der Waals surface area contributed by atoms with E-state index in [9.17, 15) is 9.59 Å². The van der Waals surface area contributed by atoms with Crippen LogP contribution >= 0.6 is 0 Å². The Bertz CT molecular complexity index is 982. The molecule has 0 saturated heterocycles. The van der Waals surface area contributed by atoms with Crippen molar-refractivity contribution >= 4 is 11.8 Å². The van der Waals surface area contributed by atoms with E-state index in [-0.39, 0.29) is 6.61 Å². The lowest BCUT2D eigenvalue weighted by Gasteiger charge is -2.10. The van der Waals surface area contributed by atoms with Crippen LogP contribution in [0.5, 0.6) is 11.5 Å². The van der Waals surface area contributed by atoms with E-state index in [0.717, 1.165) is 11.4 Å². The Labute approximate surface area is 168 Å². The molecule has 0 radical (unpaired) electrons. The fourth-order valence-electron chi connectivity index (χ4n) is 2.47. The number of ether oxygens (including phenoxy) is 2. The first-order valence-corrected chi connectivity index (χ1v) is 8.99. The largest absolute Gasteiger partial charge is 0.486 e. The molecule has 2 amide bonds. The zero-order valence-electron chi connectivity index (χ0n) is 16.2. The minimum absolute atomic E-state index is 0.205. The third-order valence-corrected chi connectivity index (χ3v) is 4.08. The van der Waals surface area contributed by atoms with E-state index >= 15 is 0 Å². The summed E-state index contributed by atoms with van der Waals surface area (Å²) in [6.45, 7) is 2.05. The number of aryl methyl sites for hydroxylation is 2. The molecule has 8 heteroatoms. The maximum Gasteiger partial charge on any atom is 0.276 e. The number of nitrogens with one attached hydrogen (secondary N) is 2. The molecule has 29 heavy (non-hydrogen) atoms. The molecule has 3 rings (SSSR count). The van der Waals surface area contributed by atoms with Crippen molar-refractivity contribution < 1.29 is 19.1 Å². The van der Waals surface area contributed by atoms with Crippen LogP contribution < -0.4 is 20.3 Å². The summed E-state index contributed by atoms with van der Waals surface area (Å²) in [5, 5.41) is 0. The van der Waals surface area contributed by atoms with Crippen LogP contribution in [-0.2, 0) is 18.4 Å². The van der Waals surface area contributed by atoms with Gasteiger partial charge in [0.15, 0.2) is 6.61 Å². The summed E-state index contributed by atoms with van der Waals surface area (Å²) in [7, 11) is 1.89. The molecular weight excluding hydrogens is 372 g/mol. The standard InChI is InChI=1S/C21H22N4O4/c1-15-4-3-5-18(12-15)29-14-20(26)23-24-21(27)16-6-8-17(9-7-16)28-13-19-22-10-11-25(19)2/h3-12H,13-14H2,1-2H3,(H,23,26)(H,24,27). The molecule has 150 valence electrons. The quantitative estimate of drug-likeness (QED) is 0.599. The zero-order valence-corrected chi connectivity index (χ0v) is 16.2. The number of hydrogen-bond donors (Lipinski definition) is 2. The predicted octanol–water partition coefficient (Wildman–Crippen LogP) is 2.15. The van der Waals surface area contributed by atoms with Gasteiger partial charge in [-0.15, -0.1) is 0 Å².